The highest BCUT2D eigenvalue weighted by atomic mass is 16.4. The highest BCUT2D eigenvalue weighted by Crippen LogP contribution is 2.07. The summed E-state index contributed by atoms with van der Waals surface area (Å²) in [6.45, 7) is 5.50. The molecule has 0 aliphatic heterocycles. The van der Waals surface area contributed by atoms with E-state index in [0.717, 1.165) is 5.56 Å². The SMILES string of the molecule is CC(NC(=O)C(N)C(C)C)C(=O)NC(Cc1ccccc1)C(=O)NC(CCCCN)C(=O)O. The van der Waals surface area contributed by atoms with E-state index in [1.165, 1.54) is 6.92 Å². The molecule has 1 rings (SSSR count). The van der Waals surface area contributed by atoms with Crippen molar-refractivity contribution < 1.29 is 24.3 Å². The predicted molar refractivity (Wildman–Crippen MR) is 125 cm³/mol. The molecule has 1 aromatic carbocycles. The van der Waals surface area contributed by atoms with Crippen LogP contribution >= 0.6 is 0 Å². The van der Waals surface area contributed by atoms with E-state index in [-0.39, 0.29) is 18.8 Å². The molecule has 0 heterocycles. The van der Waals surface area contributed by atoms with Crippen LogP contribution in [-0.2, 0) is 25.6 Å². The van der Waals surface area contributed by atoms with Crippen LogP contribution in [0.15, 0.2) is 30.3 Å². The molecular weight excluding hydrogens is 426 g/mol. The molecule has 0 aliphatic carbocycles. The number of unbranched alkanes of at least 4 members (excludes halogenated alkanes) is 1. The van der Waals surface area contributed by atoms with E-state index >= 15 is 0 Å². The molecule has 0 saturated carbocycles. The maximum absolute atomic E-state index is 13.0. The van der Waals surface area contributed by atoms with E-state index in [1.54, 1.807) is 38.1 Å². The van der Waals surface area contributed by atoms with E-state index in [2.05, 4.69) is 16.0 Å². The number of nitrogens with one attached hydrogen (secondary N) is 3. The summed E-state index contributed by atoms with van der Waals surface area (Å²) in [5.41, 5.74) is 12.1. The Bertz CT molecular complexity index is 787. The van der Waals surface area contributed by atoms with Crippen LogP contribution in [0.4, 0.5) is 0 Å². The number of carboxylic acids is 1. The van der Waals surface area contributed by atoms with Gasteiger partial charge in [0, 0.05) is 6.42 Å². The van der Waals surface area contributed by atoms with E-state index in [9.17, 15) is 24.3 Å². The fourth-order valence-corrected chi connectivity index (χ4v) is 3.06. The number of hydrogen-bond acceptors (Lipinski definition) is 6. The highest BCUT2D eigenvalue weighted by Gasteiger charge is 2.29. The zero-order valence-electron chi connectivity index (χ0n) is 19.5. The summed E-state index contributed by atoms with van der Waals surface area (Å²) in [5, 5.41) is 17.2. The van der Waals surface area contributed by atoms with Crippen molar-refractivity contribution in [3.63, 3.8) is 0 Å². The van der Waals surface area contributed by atoms with Crippen molar-refractivity contribution in [3.05, 3.63) is 35.9 Å². The minimum atomic E-state index is -1.16. The fourth-order valence-electron chi connectivity index (χ4n) is 3.06. The molecule has 10 nitrogen and oxygen atoms in total. The average Bonchev–Trinajstić information content (AvgIpc) is 2.77. The van der Waals surface area contributed by atoms with Gasteiger partial charge in [-0.2, -0.15) is 0 Å². The van der Waals surface area contributed by atoms with Gasteiger partial charge in [-0.25, -0.2) is 4.79 Å². The smallest absolute Gasteiger partial charge is 0.326 e. The lowest BCUT2D eigenvalue weighted by Crippen LogP contribution is -2.57. The maximum atomic E-state index is 13.0. The van der Waals surface area contributed by atoms with Crippen molar-refractivity contribution in [2.75, 3.05) is 6.54 Å². The Morgan fingerprint density at radius 1 is 0.879 bits per heavy atom. The van der Waals surface area contributed by atoms with Crippen LogP contribution in [0.2, 0.25) is 0 Å². The first-order chi connectivity index (χ1) is 15.6. The number of amides is 3. The second-order valence-corrected chi connectivity index (χ2v) is 8.43. The van der Waals surface area contributed by atoms with E-state index in [0.29, 0.717) is 19.4 Å². The lowest BCUT2D eigenvalue weighted by atomic mass is 10.0. The van der Waals surface area contributed by atoms with Crippen LogP contribution in [0, 0.1) is 5.92 Å². The Balaban J connectivity index is 2.92. The monoisotopic (exact) mass is 463 g/mol. The molecule has 0 radical (unpaired) electrons. The van der Waals surface area contributed by atoms with Crippen LogP contribution in [0.3, 0.4) is 0 Å². The predicted octanol–water partition coefficient (Wildman–Crippen LogP) is -0.0997. The van der Waals surface area contributed by atoms with Crippen molar-refractivity contribution in [3.8, 4) is 0 Å². The van der Waals surface area contributed by atoms with Gasteiger partial charge in [-0.3, -0.25) is 14.4 Å². The largest absolute Gasteiger partial charge is 0.480 e. The minimum absolute atomic E-state index is 0.107. The Kier molecular flexibility index (Phi) is 12.1. The number of carboxylic acid groups (broad SMARTS) is 1. The Morgan fingerprint density at radius 2 is 1.48 bits per heavy atom. The van der Waals surface area contributed by atoms with Gasteiger partial charge >= 0.3 is 5.97 Å². The minimum Gasteiger partial charge on any atom is -0.480 e. The normalized spacial score (nSPS) is 14.6. The fraction of sp³-hybridized carbons (Fsp3) is 0.565. The molecule has 3 amide bonds. The van der Waals surface area contributed by atoms with Gasteiger partial charge in [0.1, 0.15) is 18.1 Å². The first-order valence-electron chi connectivity index (χ1n) is 11.2. The molecule has 33 heavy (non-hydrogen) atoms. The maximum Gasteiger partial charge on any atom is 0.326 e. The second-order valence-electron chi connectivity index (χ2n) is 8.43. The first-order valence-corrected chi connectivity index (χ1v) is 11.2. The third-order valence-corrected chi connectivity index (χ3v) is 5.25. The second kappa shape index (κ2) is 14.2. The third kappa shape index (κ3) is 10.0. The molecule has 8 N–H and O–H groups in total. The summed E-state index contributed by atoms with van der Waals surface area (Å²) >= 11 is 0. The number of benzene rings is 1. The Labute approximate surface area is 194 Å². The Hall–Kier alpha value is -2.98. The van der Waals surface area contributed by atoms with Gasteiger partial charge in [-0.1, -0.05) is 44.2 Å². The highest BCUT2D eigenvalue weighted by molar-refractivity contribution is 5.94. The van der Waals surface area contributed by atoms with Crippen LogP contribution < -0.4 is 27.4 Å². The molecule has 0 fully saturated rings. The lowest BCUT2D eigenvalue weighted by molar-refractivity contribution is -0.142. The molecule has 1 aromatic rings. The van der Waals surface area contributed by atoms with Crippen LogP contribution in [0.1, 0.15) is 45.6 Å². The molecular formula is C23H37N5O5. The summed E-state index contributed by atoms with van der Waals surface area (Å²) in [5.74, 6) is -2.93. The van der Waals surface area contributed by atoms with Crippen molar-refractivity contribution in [2.24, 2.45) is 17.4 Å². The zero-order chi connectivity index (χ0) is 25.0. The molecule has 0 saturated heterocycles. The van der Waals surface area contributed by atoms with Crippen LogP contribution in [0.5, 0.6) is 0 Å². The van der Waals surface area contributed by atoms with Crippen LogP contribution in [0.25, 0.3) is 0 Å². The van der Waals surface area contributed by atoms with E-state index < -0.39 is 47.9 Å². The standard InChI is InChI=1S/C23H37N5O5/c1-14(2)19(25)22(31)26-15(3)20(29)28-18(13-16-9-5-4-6-10-16)21(30)27-17(23(32)33)11-7-8-12-24/h4-6,9-10,14-15,17-19H,7-8,11-13,24-25H2,1-3H3,(H,26,31)(H,27,30)(H,28,29)(H,32,33). The zero-order valence-corrected chi connectivity index (χ0v) is 19.5. The number of rotatable bonds is 14. The molecule has 0 aromatic heterocycles. The summed E-state index contributed by atoms with van der Waals surface area (Å²) in [4.78, 5) is 49.5. The molecule has 0 aliphatic rings. The van der Waals surface area contributed by atoms with Gasteiger partial charge in [0.25, 0.3) is 0 Å². The molecule has 10 heteroatoms. The average molecular weight is 464 g/mol. The number of carbonyl (C=O) groups is 4. The number of aliphatic carboxylic acids is 1. The van der Waals surface area contributed by atoms with Gasteiger partial charge < -0.3 is 32.5 Å². The van der Waals surface area contributed by atoms with Gasteiger partial charge in [0.05, 0.1) is 6.04 Å². The van der Waals surface area contributed by atoms with Crippen molar-refractivity contribution >= 4 is 23.7 Å². The third-order valence-electron chi connectivity index (χ3n) is 5.25. The van der Waals surface area contributed by atoms with Crippen LogP contribution in [-0.4, -0.2) is 59.5 Å². The topological polar surface area (TPSA) is 177 Å². The van der Waals surface area contributed by atoms with Crippen molar-refractivity contribution in [1.82, 2.24) is 16.0 Å². The number of carbonyl (C=O) groups excluding carboxylic acids is 3. The van der Waals surface area contributed by atoms with E-state index in [1.807, 2.05) is 6.07 Å². The van der Waals surface area contributed by atoms with Crippen molar-refractivity contribution in [1.29, 1.82) is 0 Å². The van der Waals surface area contributed by atoms with Gasteiger partial charge in [-0.15, -0.1) is 0 Å². The molecule has 184 valence electrons. The summed E-state index contributed by atoms with van der Waals surface area (Å²) in [6.07, 6.45) is 1.56. The molecule has 4 atom stereocenters. The number of nitrogens with two attached hydrogens (primary N) is 2. The van der Waals surface area contributed by atoms with E-state index in [4.69, 9.17) is 11.5 Å². The first kappa shape index (κ1) is 28.1. The summed E-state index contributed by atoms with van der Waals surface area (Å²) < 4.78 is 0. The summed E-state index contributed by atoms with van der Waals surface area (Å²) in [7, 11) is 0. The lowest BCUT2D eigenvalue weighted by Gasteiger charge is -2.24. The Morgan fingerprint density at radius 3 is 2.03 bits per heavy atom. The van der Waals surface area contributed by atoms with Crippen molar-refractivity contribution in [2.45, 2.75) is 70.6 Å². The van der Waals surface area contributed by atoms with Gasteiger partial charge in [0.15, 0.2) is 0 Å². The summed E-state index contributed by atoms with van der Waals surface area (Å²) in [6, 6.07) is 5.19. The van der Waals surface area contributed by atoms with Gasteiger partial charge in [0.2, 0.25) is 17.7 Å². The van der Waals surface area contributed by atoms with Gasteiger partial charge in [-0.05, 0) is 44.2 Å². The molecule has 0 spiro atoms. The molecule has 0 bridgehead atoms. The quantitative estimate of drug-likeness (QED) is 0.209. The number of hydrogen-bond donors (Lipinski definition) is 6. The molecule has 4 unspecified atom stereocenters.